The molecule has 10 heteroatoms. The maximum absolute atomic E-state index is 12.4. The highest BCUT2D eigenvalue weighted by atomic mass is 16.6. The Bertz CT molecular complexity index is 1180. The fourth-order valence-electron chi connectivity index (χ4n) is 4.29. The molecule has 0 bridgehead atoms. The van der Waals surface area contributed by atoms with Gasteiger partial charge in [-0.15, -0.1) is 0 Å². The molecule has 5 rings (SSSR count). The molecule has 3 heterocycles. The quantitative estimate of drug-likeness (QED) is 0.533. The summed E-state index contributed by atoms with van der Waals surface area (Å²) in [6.07, 6.45) is 7.48. The number of carbonyl (C=O) groups is 1. The van der Waals surface area contributed by atoms with E-state index < -0.39 is 6.09 Å². The van der Waals surface area contributed by atoms with E-state index in [9.17, 15) is 4.79 Å². The van der Waals surface area contributed by atoms with E-state index >= 15 is 0 Å². The van der Waals surface area contributed by atoms with Crippen LogP contribution in [0.25, 0.3) is 10.9 Å². The van der Waals surface area contributed by atoms with Gasteiger partial charge in [0.15, 0.2) is 11.5 Å². The normalized spacial score (nSPS) is 16.5. The molecule has 0 atom stereocenters. The van der Waals surface area contributed by atoms with Crippen molar-refractivity contribution in [3.63, 3.8) is 0 Å². The molecular formula is C25H29N5O5. The number of benzene rings is 1. The third-order valence-corrected chi connectivity index (χ3v) is 6.46. The predicted molar refractivity (Wildman–Crippen MR) is 130 cm³/mol. The molecule has 2 aromatic heterocycles. The average molecular weight is 480 g/mol. The van der Waals surface area contributed by atoms with Gasteiger partial charge in [-0.05, 0) is 31.4 Å². The molecule has 1 N–H and O–H groups in total. The third-order valence-electron chi connectivity index (χ3n) is 6.46. The lowest BCUT2D eigenvalue weighted by molar-refractivity contribution is 0.0949. The van der Waals surface area contributed by atoms with Gasteiger partial charge in [-0.2, -0.15) is 0 Å². The number of methoxy groups -OCH3 is 2. The molecule has 1 aliphatic heterocycles. The molecule has 2 aliphatic rings. The summed E-state index contributed by atoms with van der Waals surface area (Å²) in [6.45, 7) is 1.40. The second kappa shape index (κ2) is 10.2. The molecule has 1 amide bonds. The standard InChI is InChI=1S/C25H29N5O5/c1-32-21-12-19-20(13-22(21)33-2)27-15-28-24(19)30-10-8-18(9-11-30)35-25(31)29-16-6-7-23(26-14-16)34-17-4-3-5-17/h6-7,12-15,17-18H,3-5,8-11H2,1-2H3,(H,29,31). The minimum atomic E-state index is -0.484. The Morgan fingerprint density at radius 3 is 2.40 bits per heavy atom. The van der Waals surface area contributed by atoms with Crippen molar-refractivity contribution in [3.8, 4) is 17.4 Å². The summed E-state index contributed by atoms with van der Waals surface area (Å²) in [7, 11) is 3.21. The Hall–Kier alpha value is -3.82. The zero-order chi connectivity index (χ0) is 24.2. The fourth-order valence-corrected chi connectivity index (χ4v) is 4.29. The number of hydrogen-bond donors (Lipinski definition) is 1. The van der Waals surface area contributed by atoms with Crippen molar-refractivity contribution < 1.29 is 23.7 Å². The van der Waals surface area contributed by atoms with Gasteiger partial charge >= 0.3 is 6.09 Å². The first-order valence-electron chi connectivity index (χ1n) is 11.8. The van der Waals surface area contributed by atoms with Gasteiger partial charge in [0.1, 0.15) is 24.4 Å². The lowest BCUT2D eigenvalue weighted by Gasteiger charge is -2.33. The highest BCUT2D eigenvalue weighted by Crippen LogP contribution is 2.35. The number of pyridine rings is 1. The second-order valence-electron chi connectivity index (χ2n) is 8.69. The Balaban J connectivity index is 1.16. The molecule has 184 valence electrons. The Morgan fingerprint density at radius 2 is 1.74 bits per heavy atom. The molecule has 0 unspecified atom stereocenters. The Labute approximate surface area is 203 Å². The van der Waals surface area contributed by atoms with Crippen LogP contribution in [0.1, 0.15) is 32.1 Å². The maximum atomic E-state index is 12.4. The summed E-state index contributed by atoms with van der Waals surface area (Å²) in [6, 6.07) is 7.29. The monoisotopic (exact) mass is 479 g/mol. The number of anilines is 2. The van der Waals surface area contributed by atoms with Crippen LogP contribution in [0.4, 0.5) is 16.3 Å². The molecule has 2 fully saturated rings. The minimum absolute atomic E-state index is 0.178. The Kier molecular flexibility index (Phi) is 6.69. The van der Waals surface area contributed by atoms with E-state index in [0.29, 0.717) is 49.0 Å². The lowest BCUT2D eigenvalue weighted by Crippen LogP contribution is -2.39. The number of hydrogen-bond acceptors (Lipinski definition) is 9. The molecule has 10 nitrogen and oxygen atoms in total. The van der Waals surface area contributed by atoms with Crippen molar-refractivity contribution >= 4 is 28.5 Å². The maximum Gasteiger partial charge on any atom is 0.411 e. The molecule has 0 spiro atoms. The van der Waals surface area contributed by atoms with Crippen molar-refractivity contribution in [1.29, 1.82) is 0 Å². The summed E-state index contributed by atoms with van der Waals surface area (Å²) >= 11 is 0. The number of fused-ring (bicyclic) bond motifs is 1. The van der Waals surface area contributed by atoms with E-state index in [0.717, 1.165) is 29.6 Å². The molecule has 1 aromatic carbocycles. The third kappa shape index (κ3) is 5.16. The van der Waals surface area contributed by atoms with Crippen molar-refractivity contribution in [1.82, 2.24) is 15.0 Å². The van der Waals surface area contributed by atoms with Crippen molar-refractivity contribution in [2.45, 2.75) is 44.3 Å². The average Bonchev–Trinajstić information content (AvgIpc) is 2.86. The molecular weight excluding hydrogens is 450 g/mol. The number of nitrogens with zero attached hydrogens (tertiary/aromatic N) is 4. The fraction of sp³-hybridized carbons (Fsp3) is 0.440. The predicted octanol–water partition coefficient (Wildman–Crippen LogP) is 4.19. The van der Waals surface area contributed by atoms with Crippen LogP contribution in [0.2, 0.25) is 0 Å². The first kappa shape index (κ1) is 22.9. The van der Waals surface area contributed by atoms with Gasteiger partial charge in [-0.3, -0.25) is 5.32 Å². The first-order chi connectivity index (χ1) is 17.1. The van der Waals surface area contributed by atoms with Crippen molar-refractivity contribution in [2.24, 2.45) is 0 Å². The number of aromatic nitrogens is 3. The largest absolute Gasteiger partial charge is 0.493 e. The van der Waals surface area contributed by atoms with Gasteiger partial charge in [0.25, 0.3) is 0 Å². The van der Waals surface area contributed by atoms with E-state index in [1.807, 2.05) is 12.1 Å². The van der Waals surface area contributed by atoms with Crippen LogP contribution in [0.15, 0.2) is 36.8 Å². The topological polar surface area (TPSA) is 108 Å². The summed E-state index contributed by atoms with van der Waals surface area (Å²) in [4.78, 5) is 27.7. The smallest absolute Gasteiger partial charge is 0.411 e. The number of piperidine rings is 1. The van der Waals surface area contributed by atoms with Gasteiger partial charge in [0, 0.05) is 43.5 Å². The van der Waals surface area contributed by atoms with Crippen LogP contribution in [0.5, 0.6) is 17.4 Å². The summed E-state index contributed by atoms with van der Waals surface area (Å²) in [5.74, 6) is 2.66. The van der Waals surface area contributed by atoms with Gasteiger partial charge in [-0.25, -0.2) is 19.7 Å². The van der Waals surface area contributed by atoms with Crippen LogP contribution >= 0.6 is 0 Å². The zero-order valence-electron chi connectivity index (χ0n) is 19.9. The zero-order valence-corrected chi connectivity index (χ0v) is 19.9. The number of ether oxygens (including phenoxy) is 4. The van der Waals surface area contributed by atoms with Gasteiger partial charge in [0.2, 0.25) is 5.88 Å². The summed E-state index contributed by atoms with van der Waals surface area (Å²) in [5, 5.41) is 3.64. The van der Waals surface area contributed by atoms with Crippen LogP contribution in [-0.2, 0) is 4.74 Å². The number of rotatable bonds is 7. The number of amides is 1. The van der Waals surface area contributed by atoms with E-state index in [1.165, 1.54) is 6.42 Å². The van der Waals surface area contributed by atoms with Gasteiger partial charge < -0.3 is 23.8 Å². The molecule has 3 aromatic rings. The van der Waals surface area contributed by atoms with Crippen LogP contribution in [0, 0.1) is 0 Å². The summed E-state index contributed by atoms with van der Waals surface area (Å²) < 4.78 is 22.2. The van der Waals surface area contributed by atoms with E-state index in [-0.39, 0.29) is 12.2 Å². The molecule has 0 radical (unpaired) electrons. The Morgan fingerprint density at radius 1 is 0.971 bits per heavy atom. The van der Waals surface area contributed by atoms with Crippen molar-refractivity contribution in [3.05, 3.63) is 36.8 Å². The van der Waals surface area contributed by atoms with Crippen LogP contribution < -0.4 is 24.4 Å². The first-order valence-corrected chi connectivity index (χ1v) is 11.8. The van der Waals surface area contributed by atoms with E-state index in [4.69, 9.17) is 18.9 Å². The number of carbonyl (C=O) groups excluding carboxylic acids is 1. The van der Waals surface area contributed by atoms with E-state index in [2.05, 4.69) is 25.2 Å². The van der Waals surface area contributed by atoms with Crippen LogP contribution in [-0.4, -0.2) is 60.6 Å². The summed E-state index contributed by atoms with van der Waals surface area (Å²) in [5.41, 5.74) is 1.35. The van der Waals surface area contributed by atoms with Crippen LogP contribution in [0.3, 0.4) is 0 Å². The number of nitrogens with one attached hydrogen (secondary N) is 1. The molecule has 1 aliphatic carbocycles. The lowest BCUT2D eigenvalue weighted by atomic mass is 9.96. The van der Waals surface area contributed by atoms with Gasteiger partial charge in [-0.1, -0.05) is 0 Å². The van der Waals surface area contributed by atoms with Crippen molar-refractivity contribution in [2.75, 3.05) is 37.5 Å². The second-order valence-corrected chi connectivity index (χ2v) is 8.69. The SMILES string of the molecule is COc1cc2ncnc(N3CCC(OC(=O)Nc4ccc(OC5CCC5)nc4)CC3)c2cc1OC. The molecule has 35 heavy (non-hydrogen) atoms. The molecule has 1 saturated heterocycles. The highest BCUT2D eigenvalue weighted by Gasteiger charge is 2.25. The molecule has 1 saturated carbocycles. The highest BCUT2D eigenvalue weighted by molar-refractivity contribution is 5.92. The van der Waals surface area contributed by atoms with E-state index in [1.54, 1.807) is 38.9 Å². The minimum Gasteiger partial charge on any atom is -0.493 e. The van der Waals surface area contributed by atoms with Gasteiger partial charge in [0.05, 0.1) is 31.6 Å².